The second-order valence-electron chi connectivity index (χ2n) is 17.5. The summed E-state index contributed by atoms with van der Waals surface area (Å²) in [5.41, 5.74) is 0. The highest BCUT2D eigenvalue weighted by Crippen LogP contribution is 2.24. The van der Waals surface area contributed by atoms with Crippen LogP contribution in [0.3, 0.4) is 0 Å². The van der Waals surface area contributed by atoms with Gasteiger partial charge in [0.15, 0.2) is 5.12 Å². The fraction of sp³-hybridized carbons (Fsp3) is 0.980. The highest BCUT2D eigenvalue weighted by Gasteiger charge is 2.41. The van der Waals surface area contributed by atoms with Crippen molar-refractivity contribution in [3.8, 4) is 0 Å². The summed E-state index contributed by atoms with van der Waals surface area (Å²) in [4.78, 5) is 12.8. The van der Waals surface area contributed by atoms with E-state index in [1.54, 1.807) is 0 Å². The molecule has 0 aliphatic carbocycles. The molecule has 7 heteroatoms. The molecular weight excluding hydrogens is 739 g/mol. The van der Waals surface area contributed by atoms with Crippen LogP contribution in [0.15, 0.2) is 0 Å². The molecule has 0 aromatic carbocycles. The minimum absolute atomic E-state index is 0.316. The largest absolute Gasteiger partial charge is 0.501 e. The van der Waals surface area contributed by atoms with Gasteiger partial charge in [0.2, 0.25) is 0 Å². The van der Waals surface area contributed by atoms with Gasteiger partial charge in [0.1, 0.15) is 0 Å². The average Bonchev–Trinajstić information content (AvgIpc) is 3.22. The van der Waals surface area contributed by atoms with Crippen LogP contribution >= 0.6 is 11.8 Å². The van der Waals surface area contributed by atoms with Gasteiger partial charge in [0, 0.05) is 37.5 Å². The number of rotatable bonds is 49. The molecule has 0 amide bonds. The van der Waals surface area contributed by atoms with Gasteiger partial charge in [-0.15, -0.1) is 0 Å². The molecule has 57 heavy (non-hydrogen) atoms. The van der Waals surface area contributed by atoms with Crippen molar-refractivity contribution in [3.05, 3.63) is 0 Å². The molecule has 0 saturated heterocycles. The molecule has 342 valence electrons. The zero-order valence-corrected chi connectivity index (χ0v) is 41.3. The van der Waals surface area contributed by atoms with E-state index in [-0.39, 0.29) is 0 Å². The molecule has 0 aliphatic heterocycles. The SMILES string of the molecule is CCCCCCCCCCCCC(CO[Si](CCCSC(=O)CCCCCCCCCCC)(OCCCCCCCCCC)OCCCCCCCCCC)NC. The summed E-state index contributed by atoms with van der Waals surface area (Å²) in [6.07, 6.45) is 48.6. The first-order valence-electron chi connectivity index (χ1n) is 25.8. The number of hydrogen-bond acceptors (Lipinski definition) is 6. The molecular formula is C50H103NO4SSi. The normalized spacial score (nSPS) is 12.5. The van der Waals surface area contributed by atoms with Crippen LogP contribution in [0.4, 0.5) is 0 Å². The first-order chi connectivity index (χ1) is 28.1. The Bertz CT molecular complexity index is 767. The van der Waals surface area contributed by atoms with Gasteiger partial charge < -0.3 is 18.6 Å². The molecule has 0 bridgehead atoms. The van der Waals surface area contributed by atoms with Crippen molar-refractivity contribution in [1.82, 2.24) is 5.32 Å². The molecule has 1 atom stereocenters. The van der Waals surface area contributed by atoms with Crippen molar-refractivity contribution in [3.63, 3.8) is 0 Å². The van der Waals surface area contributed by atoms with E-state index in [2.05, 4.69) is 40.1 Å². The number of thioether (sulfide) groups is 1. The Morgan fingerprint density at radius 3 is 1.19 bits per heavy atom. The molecule has 0 rings (SSSR count). The molecule has 1 N–H and O–H groups in total. The predicted molar refractivity (Wildman–Crippen MR) is 257 cm³/mol. The minimum Gasteiger partial charge on any atom is -0.373 e. The average molecular weight is 843 g/mol. The van der Waals surface area contributed by atoms with Crippen molar-refractivity contribution in [2.75, 3.05) is 32.6 Å². The predicted octanol–water partition coefficient (Wildman–Crippen LogP) is 16.7. The fourth-order valence-electron chi connectivity index (χ4n) is 7.81. The number of carbonyl (C=O) groups is 1. The van der Waals surface area contributed by atoms with Crippen LogP contribution in [0.2, 0.25) is 6.04 Å². The number of hydrogen-bond donors (Lipinski definition) is 1. The van der Waals surface area contributed by atoms with Gasteiger partial charge in [0.25, 0.3) is 0 Å². The van der Waals surface area contributed by atoms with Gasteiger partial charge in [-0.25, -0.2) is 0 Å². The highest BCUT2D eigenvalue weighted by molar-refractivity contribution is 8.13. The summed E-state index contributed by atoms with van der Waals surface area (Å²) in [6, 6.07) is 1.13. The fourth-order valence-corrected chi connectivity index (χ4v) is 11.5. The summed E-state index contributed by atoms with van der Waals surface area (Å²) in [6.45, 7) is 11.3. The summed E-state index contributed by atoms with van der Waals surface area (Å²) < 4.78 is 20.7. The van der Waals surface area contributed by atoms with E-state index >= 15 is 0 Å². The Kier molecular flexibility index (Phi) is 47.2. The maximum atomic E-state index is 12.8. The molecule has 0 aliphatic rings. The zero-order valence-electron chi connectivity index (χ0n) is 39.5. The van der Waals surface area contributed by atoms with Crippen molar-refractivity contribution >= 4 is 25.7 Å². The van der Waals surface area contributed by atoms with Crippen LogP contribution in [-0.2, 0) is 18.1 Å². The van der Waals surface area contributed by atoms with E-state index in [0.29, 0.717) is 24.2 Å². The Balaban J connectivity index is 5.18. The molecule has 0 radical (unpaired) electrons. The second-order valence-corrected chi connectivity index (χ2v) is 21.4. The third-order valence-corrected chi connectivity index (χ3v) is 15.7. The lowest BCUT2D eigenvalue weighted by molar-refractivity contribution is -0.111. The first kappa shape index (κ1) is 57.1. The zero-order chi connectivity index (χ0) is 41.6. The Morgan fingerprint density at radius 2 is 0.807 bits per heavy atom. The maximum Gasteiger partial charge on any atom is 0.501 e. The number of likely N-dealkylation sites (N-methyl/N-ethyl adjacent to an activating group) is 1. The lowest BCUT2D eigenvalue weighted by Gasteiger charge is -2.32. The third-order valence-electron chi connectivity index (χ3n) is 11.8. The Labute approximate surface area is 364 Å². The van der Waals surface area contributed by atoms with E-state index in [1.807, 2.05) is 0 Å². The lowest BCUT2D eigenvalue weighted by atomic mass is 10.0. The molecule has 1 unspecified atom stereocenters. The minimum atomic E-state index is -2.92. The molecule has 0 saturated carbocycles. The van der Waals surface area contributed by atoms with E-state index in [0.717, 1.165) is 57.1 Å². The van der Waals surface area contributed by atoms with Gasteiger partial charge >= 0.3 is 8.80 Å². The van der Waals surface area contributed by atoms with Gasteiger partial charge in [-0.3, -0.25) is 4.79 Å². The highest BCUT2D eigenvalue weighted by atomic mass is 32.2. The van der Waals surface area contributed by atoms with Crippen LogP contribution in [0.1, 0.15) is 272 Å². The standard InChI is InChI=1S/C50H103NO4SSi/c1-6-10-14-18-22-26-28-29-33-37-42-49(51-5)48-55-57(53-44-39-35-31-24-20-16-12-8-3,54-45-40-36-32-25-21-17-13-9-4)47-41-46-56-50(52)43-38-34-30-27-23-19-15-11-7-2/h49,51H,6-48H2,1-5H3. The maximum absolute atomic E-state index is 12.8. The van der Waals surface area contributed by atoms with Crippen LogP contribution < -0.4 is 5.32 Å². The van der Waals surface area contributed by atoms with Crippen LogP contribution in [0, 0.1) is 0 Å². The van der Waals surface area contributed by atoms with Crippen LogP contribution in [0.25, 0.3) is 0 Å². The monoisotopic (exact) mass is 842 g/mol. The second kappa shape index (κ2) is 47.1. The summed E-state index contributed by atoms with van der Waals surface area (Å²) in [5.74, 6) is 0.838. The van der Waals surface area contributed by atoms with Crippen molar-refractivity contribution < 1.29 is 18.1 Å². The van der Waals surface area contributed by atoms with Gasteiger partial charge in [0.05, 0.1) is 6.61 Å². The molecule has 0 heterocycles. The van der Waals surface area contributed by atoms with Crippen LogP contribution in [0.5, 0.6) is 0 Å². The molecule has 0 fully saturated rings. The summed E-state index contributed by atoms with van der Waals surface area (Å²) in [5, 5.41) is 3.94. The number of carbonyl (C=O) groups excluding carboxylic acids is 1. The van der Waals surface area contributed by atoms with E-state index < -0.39 is 8.80 Å². The van der Waals surface area contributed by atoms with Crippen LogP contribution in [-0.4, -0.2) is 52.6 Å². The van der Waals surface area contributed by atoms with Gasteiger partial charge in [-0.2, -0.15) is 0 Å². The van der Waals surface area contributed by atoms with Crippen molar-refractivity contribution in [1.29, 1.82) is 0 Å². The van der Waals surface area contributed by atoms with Crippen molar-refractivity contribution in [2.45, 2.75) is 284 Å². The van der Waals surface area contributed by atoms with E-state index in [9.17, 15) is 4.79 Å². The summed E-state index contributed by atoms with van der Waals surface area (Å²) in [7, 11) is -0.826. The van der Waals surface area contributed by atoms with E-state index in [1.165, 1.54) is 217 Å². The quantitative estimate of drug-likeness (QED) is 0.0486. The Morgan fingerprint density at radius 1 is 0.456 bits per heavy atom. The third kappa shape index (κ3) is 41.2. The van der Waals surface area contributed by atoms with E-state index in [4.69, 9.17) is 13.3 Å². The Hall–Kier alpha value is 0.0769. The first-order valence-corrected chi connectivity index (χ1v) is 28.7. The topological polar surface area (TPSA) is 56.8 Å². The van der Waals surface area contributed by atoms with Gasteiger partial charge in [-0.05, 0) is 39.2 Å². The van der Waals surface area contributed by atoms with Crippen molar-refractivity contribution in [2.24, 2.45) is 0 Å². The summed E-state index contributed by atoms with van der Waals surface area (Å²) >= 11 is 1.54. The molecule has 5 nitrogen and oxygen atoms in total. The number of unbranched alkanes of at least 4 members (excludes halogenated alkanes) is 31. The van der Waals surface area contributed by atoms with Gasteiger partial charge in [-0.1, -0.05) is 245 Å². The number of nitrogens with one attached hydrogen (secondary N) is 1. The lowest BCUT2D eigenvalue weighted by Crippen LogP contribution is -2.49. The molecule has 0 spiro atoms. The molecule has 0 aromatic heterocycles. The smallest absolute Gasteiger partial charge is 0.373 e. The molecule has 0 aromatic rings.